The molecule has 1 heterocycles. The minimum absolute atomic E-state index is 0.0675. The molecule has 0 aliphatic heterocycles. The van der Waals surface area contributed by atoms with Gasteiger partial charge in [-0.15, -0.1) is 0 Å². The molecule has 0 saturated carbocycles. The van der Waals surface area contributed by atoms with Crippen LogP contribution in [0.25, 0.3) is 6.08 Å². The maximum Gasteiger partial charge on any atom is 0.167 e. The first-order valence-corrected chi connectivity index (χ1v) is 5.21. The second-order valence-electron chi connectivity index (χ2n) is 3.60. The summed E-state index contributed by atoms with van der Waals surface area (Å²) in [6.45, 7) is 3.62. The number of aromatic nitrogens is 1. The summed E-state index contributed by atoms with van der Waals surface area (Å²) in [4.78, 5) is 3.90. The van der Waals surface area contributed by atoms with Crippen LogP contribution < -0.4 is 16.2 Å². The van der Waals surface area contributed by atoms with Gasteiger partial charge in [0.2, 0.25) is 0 Å². The highest BCUT2D eigenvalue weighted by molar-refractivity contribution is 5.66. The van der Waals surface area contributed by atoms with E-state index in [1.165, 1.54) is 24.4 Å². The van der Waals surface area contributed by atoms with E-state index < -0.39 is 5.82 Å². The summed E-state index contributed by atoms with van der Waals surface area (Å²) in [5.74, 6) is 0.192. The summed E-state index contributed by atoms with van der Waals surface area (Å²) in [6.07, 6.45) is 2.99. The lowest BCUT2D eigenvalue weighted by atomic mass is 10.2. The van der Waals surface area contributed by atoms with E-state index in [1.54, 1.807) is 12.1 Å². The summed E-state index contributed by atoms with van der Waals surface area (Å²) in [6, 6.07) is 5.78. The third-order valence-corrected chi connectivity index (χ3v) is 2.36. The van der Waals surface area contributed by atoms with Crippen molar-refractivity contribution < 1.29 is 9.13 Å². The van der Waals surface area contributed by atoms with Crippen LogP contribution in [-0.2, 0) is 0 Å². The number of hydrogen-bond donors (Lipinski definition) is 2. The number of nitrogens with two attached hydrogens (primary N) is 2. The first kappa shape index (κ1) is 11.9. The lowest BCUT2D eigenvalue weighted by Crippen LogP contribution is -1.97. The third kappa shape index (κ3) is 2.24. The number of benzene rings is 1. The van der Waals surface area contributed by atoms with Gasteiger partial charge in [0.1, 0.15) is 11.6 Å². The summed E-state index contributed by atoms with van der Waals surface area (Å²) < 4.78 is 19.0. The Morgan fingerprint density at radius 3 is 2.67 bits per heavy atom. The summed E-state index contributed by atoms with van der Waals surface area (Å²) in [5.41, 5.74) is 12.0. The Morgan fingerprint density at radius 1 is 1.22 bits per heavy atom. The monoisotopic (exact) mass is 245 g/mol. The van der Waals surface area contributed by atoms with E-state index in [9.17, 15) is 4.39 Å². The van der Waals surface area contributed by atoms with E-state index in [2.05, 4.69) is 11.6 Å². The molecule has 0 aliphatic rings. The molecule has 0 radical (unpaired) electrons. The smallest absolute Gasteiger partial charge is 0.167 e. The fourth-order valence-corrected chi connectivity index (χ4v) is 1.48. The molecule has 2 rings (SSSR count). The number of nitrogens with zero attached hydrogens (tertiary/aromatic N) is 1. The molecule has 1 aromatic carbocycles. The van der Waals surface area contributed by atoms with E-state index in [-0.39, 0.29) is 11.6 Å². The van der Waals surface area contributed by atoms with E-state index in [4.69, 9.17) is 16.2 Å². The first-order valence-electron chi connectivity index (χ1n) is 5.21. The van der Waals surface area contributed by atoms with Gasteiger partial charge in [-0.2, -0.15) is 0 Å². The Labute approximate surface area is 104 Å². The third-order valence-electron chi connectivity index (χ3n) is 2.36. The quantitative estimate of drug-likeness (QED) is 0.815. The highest BCUT2D eigenvalue weighted by atomic mass is 19.1. The average Bonchev–Trinajstić information content (AvgIpc) is 2.33. The van der Waals surface area contributed by atoms with Gasteiger partial charge in [-0.3, -0.25) is 0 Å². The van der Waals surface area contributed by atoms with Crippen molar-refractivity contribution in [2.24, 2.45) is 0 Å². The van der Waals surface area contributed by atoms with Crippen LogP contribution in [0, 0.1) is 5.82 Å². The van der Waals surface area contributed by atoms with Gasteiger partial charge in [-0.05, 0) is 18.2 Å². The average molecular weight is 245 g/mol. The van der Waals surface area contributed by atoms with Gasteiger partial charge >= 0.3 is 0 Å². The largest absolute Gasteiger partial charge is 0.453 e. The van der Waals surface area contributed by atoms with Crippen molar-refractivity contribution in [1.29, 1.82) is 0 Å². The van der Waals surface area contributed by atoms with Crippen molar-refractivity contribution in [2.75, 3.05) is 11.5 Å². The van der Waals surface area contributed by atoms with Gasteiger partial charge in [0.15, 0.2) is 11.6 Å². The van der Waals surface area contributed by atoms with Crippen LogP contribution >= 0.6 is 0 Å². The molecule has 0 saturated heterocycles. The second kappa shape index (κ2) is 4.75. The molecule has 0 unspecified atom stereocenters. The van der Waals surface area contributed by atoms with E-state index in [0.29, 0.717) is 17.0 Å². The van der Waals surface area contributed by atoms with Crippen LogP contribution in [0.4, 0.5) is 15.9 Å². The van der Waals surface area contributed by atoms with Gasteiger partial charge in [0, 0.05) is 18.0 Å². The van der Waals surface area contributed by atoms with Crippen molar-refractivity contribution >= 4 is 17.6 Å². The van der Waals surface area contributed by atoms with Crippen LogP contribution in [0.3, 0.4) is 0 Å². The fraction of sp³-hybridized carbons (Fsp3) is 0. The van der Waals surface area contributed by atoms with Crippen molar-refractivity contribution in [1.82, 2.24) is 4.98 Å². The molecule has 4 nitrogen and oxygen atoms in total. The number of hydrogen-bond acceptors (Lipinski definition) is 4. The highest BCUT2D eigenvalue weighted by Crippen LogP contribution is 2.30. The van der Waals surface area contributed by atoms with Crippen LogP contribution in [0.2, 0.25) is 0 Å². The topological polar surface area (TPSA) is 74.2 Å². The molecular weight excluding hydrogens is 233 g/mol. The number of anilines is 2. The predicted molar refractivity (Wildman–Crippen MR) is 69.6 cm³/mol. The Kier molecular flexibility index (Phi) is 3.14. The Morgan fingerprint density at radius 2 is 2.00 bits per heavy atom. The van der Waals surface area contributed by atoms with E-state index in [1.807, 2.05) is 0 Å². The Bertz CT molecular complexity index is 599. The summed E-state index contributed by atoms with van der Waals surface area (Å²) in [5, 5.41) is 0. The summed E-state index contributed by atoms with van der Waals surface area (Å²) in [7, 11) is 0. The number of pyridine rings is 1. The molecule has 0 fully saturated rings. The van der Waals surface area contributed by atoms with Gasteiger partial charge in [-0.1, -0.05) is 12.7 Å². The van der Waals surface area contributed by atoms with E-state index >= 15 is 0 Å². The van der Waals surface area contributed by atoms with Gasteiger partial charge in [-0.25, -0.2) is 9.37 Å². The molecule has 0 spiro atoms. The maximum absolute atomic E-state index is 13.6. The predicted octanol–water partition coefficient (Wildman–Crippen LogP) is 2.82. The minimum atomic E-state index is -0.541. The second-order valence-corrected chi connectivity index (χ2v) is 3.60. The van der Waals surface area contributed by atoms with Crippen molar-refractivity contribution in [3.05, 3.63) is 48.4 Å². The fourth-order valence-electron chi connectivity index (χ4n) is 1.48. The molecule has 0 amide bonds. The molecule has 1 aromatic heterocycles. The molecule has 4 N–H and O–H groups in total. The zero-order chi connectivity index (χ0) is 13.1. The molecule has 5 heteroatoms. The number of rotatable bonds is 3. The molecule has 0 aliphatic carbocycles. The van der Waals surface area contributed by atoms with Crippen molar-refractivity contribution in [2.45, 2.75) is 0 Å². The van der Waals surface area contributed by atoms with Crippen LogP contribution in [-0.4, -0.2) is 4.98 Å². The molecule has 0 atom stereocenters. The van der Waals surface area contributed by atoms with Gasteiger partial charge in [0.25, 0.3) is 0 Å². The van der Waals surface area contributed by atoms with Gasteiger partial charge in [0.05, 0.1) is 5.56 Å². The number of halogens is 1. The standard InChI is InChI=1S/C13H12FN3O/c1-2-9-11(5-6-17-13(9)16)18-12-4-3-8(15)7-10(12)14/h2-7H,1,15H2,(H2,16,17). The molecule has 2 aromatic rings. The van der Waals surface area contributed by atoms with Crippen molar-refractivity contribution in [3.63, 3.8) is 0 Å². The zero-order valence-electron chi connectivity index (χ0n) is 9.56. The molecule has 92 valence electrons. The SMILES string of the molecule is C=Cc1c(Oc2ccc(N)cc2F)ccnc1N. The summed E-state index contributed by atoms with van der Waals surface area (Å²) >= 11 is 0. The number of nitrogen functional groups attached to an aromatic ring is 2. The normalized spacial score (nSPS) is 10.1. The lowest BCUT2D eigenvalue weighted by Gasteiger charge is -2.10. The lowest BCUT2D eigenvalue weighted by molar-refractivity contribution is 0.441. The van der Waals surface area contributed by atoms with Crippen molar-refractivity contribution in [3.8, 4) is 11.5 Å². The zero-order valence-corrected chi connectivity index (χ0v) is 9.56. The van der Waals surface area contributed by atoms with Crippen LogP contribution in [0.5, 0.6) is 11.5 Å². The van der Waals surface area contributed by atoms with Gasteiger partial charge < -0.3 is 16.2 Å². The van der Waals surface area contributed by atoms with Crippen LogP contribution in [0.1, 0.15) is 5.56 Å². The Hall–Kier alpha value is -2.56. The Balaban J connectivity index is 2.40. The first-order chi connectivity index (χ1) is 8.61. The maximum atomic E-state index is 13.6. The highest BCUT2D eigenvalue weighted by Gasteiger charge is 2.09. The van der Waals surface area contributed by atoms with Crippen LogP contribution in [0.15, 0.2) is 37.0 Å². The molecule has 18 heavy (non-hydrogen) atoms. The number of ether oxygens (including phenoxy) is 1. The molecule has 0 bridgehead atoms. The van der Waals surface area contributed by atoms with E-state index in [0.717, 1.165) is 0 Å². The molecular formula is C13H12FN3O. The minimum Gasteiger partial charge on any atom is -0.453 e.